The van der Waals surface area contributed by atoms with Crippen LogP contribution in [0.3, 0.4) is 0 Å². The number of hydrogen-bond acceptors (Lipinski definition) is 7. The van der Waals surface area contributed by atoms with Gasteiger partial charge in [-0.05, 0) is 11.0 Å². The Morgan fingerprint density at radius 1 is 1.00 bits per heavy atom. The van der Waals surface area contributed by atoms with Gasteiger partial charge in [0.2, 0.25) is 11.6 Å². The second kappa shape index (κ2) is 8.91. The molecule has 2 aromatic carbocycles. The highest BCUT2D eigenvalue weighted by molar-refractivity contribution is 6.50. The number of carbonyl (C=O) groups excluding carboxylic acids is 3. The zero-order valence-corrected chi connectivity index (χ0v) is 16.0. The van der Waals surface area contributed by atoms with Crippen molar-refractivity contribution in [1.82, 2.24) is 9.55 Å². The summed E-state index contributed by atoms with van der Waals surface area (Å²) >= 11 is 0. The van der Waals surface area contributed by atoms with Crippen LogP contribution < -0.4 is 0 Å². The normalized spacial score (nSPS) is 10.4. The van der Waals surface area contributed by atoms with E-state index in [9.17, 15) is 24.5 Å². The highest BCUT2D eigenvalue weighted by atomic mass is 16.6. The first-order valence-electron chi connectivity index (χ1n) is 8.97. The lowest BCUT2D eigenvalue weighted by Gasteiger charge is -2.09. The lowest BCUT2D eigenvalue weighted by molar-refractivity contribution is -0.392. The van der Waals surface area contributed by atoms with Gasteiger partial charge in [-0.15, -0.1) is 0 Å². The van der Waals surface area contributed by atoms with Gasteiger partial charge >= 0.3 is 11.8 Å². The van der Waals surface area contributed by atoms with Gasteiger partial charge in [0.1, 0.15) is 19.3 Å². The summed E-state index contributed by atoms with van der Waals surface area (Å²) in [5.74, 6) is -2.18. The van der Waals surface area contributed by atoms with Gasteiger partial charge in [-0.1, -0.05) is 48.5 Å². The first-order valence-corrected chi connectivity index (χ1v) is 8.97. The van der Waals surface area contributed by atoms with Gasteiger partial charge in [-0.3, -0.25) is 9.59 Å². The third kappa shape index (κ3) is 4.30. The molecule has 0 bridgehead atoms. The Labute approximate surface area is 171 Å². The molecule has 0 spiro atoms. The largest absolute Gasteiger partial charge is 0.458 e. The van der Waals surface area contributed by atoms with Crippen molar-refractivity contribution < 1.29 is 24.0 Å². The number of aryl methyl sites for hydroxylation is 1. The summed E-state index contributed by atoms with van der Waals surface area (Å²) < 4.78 is 6.50. The Morgan fingerprint density at radius 3 is 2.30 bits per heavy atom. The molecule has 1 aromatic heterocycles. The molecule has 3 rings (SSSR count). The number of esters is 1. The van der Waals surface area contributed by atoms with E-state index in [1.54, 1.807) is 37.3 Å². The molecule has 9 heteroatoms. The van der Waals surface area contributed by atoms with Crippen molar-refractivity contribution in [2.75, 3.05) is 6.61 Å². The standard InChI is InChI=1S/C21H17N3O6/c1-14-22-13-18(24(28)29)23(14)11-12-30-21(27)17-10-6-5-9-16(17)20(26)19(25)15-7-3-2-4-8-15/h2-10,13H,11-12H2,1H3. The number of imidazole rings is 1. The molecule has 0 fully saturated rings. The minimum atomic E-state index is -0.824. The molecule has 0 radical (unpaired) electrons. The van der Waals surface area contributed by atoms with Crippen molar-refractivity contribution in [2.24, 2.45) is 0 Å². The van der Waals surface area contributed by atoms with Crippen LogP contribution in [0.25, 0.3) is 0 Å². The van der Waals surface area contributed by atoms with Gasteiger partial charge < -0.3 is 14.9 Å². The second-order valence-electron chi connectivity index (χ2n) is 6.28. The fourth-order valence-electron chi connectivity index (χ4n) is 2.89. The third-order valence-electron chi connectivity index (χ3n) is 4.40. The predicted molar refractivity (Wildman–Crippen MR) is 105 cm³/mol. The van der Waals surface area contributed by atoms with Crippen LogP contribution in [0.4, 0.5) is 5.82 Å². The van der Waals surface area contributed by atoms with Crippen LogP contribution in [-0.2, 0) is 11.3 Å². The Morgan fingerprint density at radius 2 is 1.63 bits per heavy atom. The van der Waals surface area contributed by atoms with E-state index in [0.717, 1.165) is 6.20 Å². The first kappa shape index (κ1) is 20.6. The first-order chi connectivity index (χ1) is 14.4. The van der Waals surface area contributed by atoms with E-state index < -0.39 is 22.5 Å². The average Bonchev–Trinajstić information content (AvgIpc) is 3.14. The van der Waals surface area contributed by atoms with Gasteiger partial charge in [0.25, 0.3) is 0 Å². The Kier molecular flexibility index (Phi) is 6.11. The maximum atomic E-state index is 12.7. The summed E-state index contributed by atoms with van der Waals surface area (Å²) in [6, 6.07) is 13.9. The predicted octanol–water partition coefficient (Wildman–Crippen LogP) is 3.02. The number of hydrogen-bond donors (Lipinski definition) is 0. The smallest absolute Gasteiger partial charge is 0.342 e. The third-order valence-corrected chi connectivity index (χ3v) is 4.40. The maximum absolute atomic E-state index is 12.7. The lowest BCUT2D eigenvalue weighted by Crippen LogP contribution is -2.20. The summed E-state index contributed by atoms with van der Waals surface area (Å²) in [5, 5.41) is 11.0. The average molecular weight is 407 g/mol. The Bertz CT molecular complexity index is 1120. The van der Waals surface area contributed by atoms with Gasteiger partial charge in [-0.2, -0.15) is 0 Å². The molecule has 0 aliphatic carbocycles. The fourth-order valence-corrected chi connectivity index (χ4v) is 2.89. The van der Waals surface area contributed by atoms with Gasteiger partial charge in [0.15, 0.2) is 5.82 Å². The van der Waals surface area contributed by atoms with E-state index in [1.807, 2.05) is 0 Å². The Balaban J connectivity index is 1.73. The molecule has 0 N–H and O–H groups in total. The summed E-state index contributed by atoms with van der Waals surface area (Å²) in [6.45, 7) is 1.44. The van der Waals surface area contributed by atoms with Crippen molar-refractivity contribution in [3.63, 3.8) is 0 Å². The topological polar surface area (TPSA) is 121 Å². The van der Waals surface area contributed by atoms with Crippen LogP contribution in [0.2, 0.25) is 0 Å². The van der Waals surface area contributed by atoms with Crippen molar-refractivity contribution in [3.8, 4) is 0 Å². The zero-order chi connectivity index (χ0) is 21.7. The summed E-state index contributed by atoms with van der Waals surface area (Å²) in [7, 11) is 0. The van der Waals surface area contributed by atoms with E-state index in [0.29, 0.717) is 5.82 Å². The molecule has 0 amide bonds. The lowest BCUT2D eigenvalue weighted by atomic mass is 9.97. The van der Waals surface area contributed by atoms with Crippen LogP contribution in [0, 0.1) is 17.0 Å². The molecule has 9 nitrogen and oxygen atoms in total. The monoisotopic (exact) mass is 407 g/mol. The van der Waals surface area contributed by atoms with Crippen LogP contribution in [0.1, 0.15) is 36.9 Å². The second-order valence-corrected chi connectivity index (χ2v) is 6.28. The number of carbonyl (C=O) groups is 3. The molecule has 152 valence electrons. The molecule has 0 aliphatic heterocycles. The summed E-state index contributed by atoms with van der Waals surface area (Å²) in [5.41, 5.74) is 0.0957. The van der Waals surface area contributed by atoms with E-state index in [4.69, 9.17) is 4.74 Å². The number of Topliss-reactive ketones (excluding diaryl/α,β-unsaturated/α-hetero) is 2. The van der Waals surface area contributed by atoms with Gasteiger partial charge in [0.05, 0.1) is 5.56 Å². The van der Waals surface area contributed by atoms with Crippen molar-refractivity contribution in [3.05, 3.63) is 93.4 Å². The van der Waals surface area contributed by atoms with Crippen molar-refractivity contribution >= 4 is 23.4 Å². The number of ketones is 2. The zero-order valence-electron chi connectivity index (χ0n) is 16.0. The number of nitro groups is 1. The van der Waals surface area contributed by atoms with Crippen molar-refractivity contribution in [2.45, 2.75) is 13.5 Å². The van der Waals surface area contributed by atoms with E-state index in [-0.39, 0.29) is 35.7 Å². The highest BCUT2D eigenvalue weighted by Crippen LogP contribution is 2.16. The molecular formula is C21H17N3O6. The van der Waals surface area contributed by atoms with Crippen molar-refractivity contribution in [1.29, 1.82) is 0 Å². The minimum absolute atomic E-state index is 0.0208. The number of aromatic nitrogens is 2. The molecule has 0 saturated carbocycles. The molecule has 1 heterocycles. The molecule has 3 aromatic rings. The Hall–Kier alpha value is -4.14. The molecule has 0 saturated heterocycles. The van der Waals surface area contributed by atoms with Crippen LogP contribution in [-0.4, -0.2) is 38.6 Å². The molecule has 0 unspecified atom stereocenters. The number of benzene rings is 2. The summed E-state index contributed by atoms with van der Waals surface area (Å²) in [4.78, 5) is 51.9. The van der Waals surface area contributed by atoms with E-state index in [2.05, 4.69) is 4.98 Å². The van der Waals surface area contributed by atoms with Crippen LogP contribution in [0.15, 0.2) is 60.8 Å². The van der Waals surface area contributed by atoms with Crippen LogP contribution >= 0.6 is 0 Å². The molecule has 0 atom stereocenters. The summed E-state index contributed by atoms with van der Waals surface area (Å²) in [6.07, 6.45) is 1.13. The molecule has 30 heavy (non-hydrogen) atoms. The number of ether oxygens (including phenoxy) is 1. The number of rotatable bonds is 8. The number of nitrogens with zero attached hydrogens (tertiary/aromatic N) is 3. The van der Waals surface area contributed by atoms with Crippen LogP contribution in [0.5, 0.6) is 0 Å². The highest BCUT2D eigenvalue weighted by Gasteiger charge is 2.24. The molecular weight excluding hydrogens is 390 g/mol. The van der Waals surface area contributed by atoms with E-state index in [1.165, 1.54) is 28.8 Å². The minimum Gasteiger partial charge on any atom is -0.458 e. The maximum Gasteiger partial charge on any atom is 0.342 e. The van der Waals surface area contributed by atoms with Gasteiger partial charge in [-0.25, -0.2) is 14.3 Å². The molecule has 0 aliphatic rings. The SMILES string of the molecule is Cc1ncc([N+](=O)[O-])n1CCOC(=O)c1ccccc1C(=O)C(=O)c1ccccc1. The van der Waals surface area contributed by atoms with Gasteiger partial charge in [0, 0.05) is 18.1 Å². The fraction of sp³-hybridized carbons (Fsp3) is 0.143. The van der Waals surface area contributed by atoms with E-state index >= 15 is 0 Å². The quantitative estimate of drug-likeness (QED) is 0.185.